The fourth-order valence-corrected chi connectivity index (χ4v) is 0.963. The molecule has 0 aromatic heterocycles. The van der Waals surface area contributed by atoms with Gasteiger partial charge in [-0.15, -0.1) is 0 Å². The van der Waals surface area contributed by atoms with E-state index < -0.39 is 6.19 Å². The Morgan fingerprint density at radius 3 is 2.82 bits per heavy atom. The van der Waals surface area contributed by atoms with Crippen LogP contribution in [0.4, 0.5) is 0 Å². The summed E-state index contributed by atoms with van der Waals surface area (Å²) in [6.07, 6.45) is -0.731. The molecule has 1 aromatic carbocycles. The molecule has 0 saturated heterocycles. The molecular weight excluding hydrogens is 159 g/mol. The summed E-state index contributed by atoms with van der Waals surface area (Å²) in [5.74, 6) is 0.732. The van der Waals surface area contributed by atoms with E-state index in [-0.39, 0.29) is 0 Å². The highest BCUT2D eigenvalue weighted by molar-refractivity contribution is 8.10. The van der Waals surface area contributed by atoms with Gasteiger partial charge >= 0.3 is 6.19 Å². The minimum atomic E-state index is -0.731. The average molecular weight is 168 g/mol. The quantitative estimate of drug-likeness (QED) is 0.491. The van der Waals surface area contributed by atoms with Crippen molar-refractivity contribution < 1.29 is 9.76 Å². The van der Waals surface area contributed by atoms with Crippen molar-refractivity contribution in [1.29, 1.82) is 0 Å². The molecule has 0 aliphatic heterocycles. The molecule has 1 N–H and O–H groups in total. The van der Waals surface area contributed by atoms with Gasteiger partial charge in [0, 0.05) is 0 Å². The lowest BCUT2D eigenvalue weighted by Crippen LogP contribution is -2.23. The normalized spacial score (nSPS) is 9.36. The molecule has 0 spiro atoms. The predicted molar refractivity (Wildman–Crippen MR) is 49.6 cm³/mol. The molecule has 0 unspecified atom stereocenters. The summed E-state index contributed by atoms with van der Waals surface area (Å²) in [4.78, 5) is 0. The van der Waals surface area contributed by atoms with Crippen LogP contribution in [0.2, 0.25) is 0 Å². The molecule has 0 atom stereocenters. The minimum Gasteiger partial charge on any atom is -0.497 e. The second-order valence-electron chi connectivity index (χ2n) is 2.15. The molecular formula is C7H9BO2S. The summed E-state index contributed by atoms with van der Waals surface area (Å²) in [6, 6.07) is 7.17. The average Bonchev–Trinajstić information content (AvgIpc) is 2.05. The van der Waals surface area contributed by atoms with Crippen LogP contribution in [-0.2, 0) is 0 Å². The standard InChI is InChI=1S/C7H9BO2S/c1-10-7-4-2-3-6(5-7)8(9)11/h2-5,9,11H,1H3. The SMILES string of the molecule is COc1cccc(B(O)S)c1. The predicted octanol–water partition coefficient (Wildman–Crippen LogP) is 0.312. The van der Waals surface area contributed by atoms with Gasteiger partial charge < -0.3 is 9.76 Å². The molecule has 0 saturated carbocycles. The van der Waals surface area contributed by atoms with E-state index >= 15 is 0 Å². The van der Waals surface area contributed by atoms with Crippen LogP contribution in [-0.4, -0.2) is 18.3 Å². The van der Waals surface area contributed by atoms with Gasteiger partial charge in [0.15, 0.2) is 0 Å². The zero-order chi connectivity index (χ0) is 8.27. The summed E-state index contributed by atoms with van der Waals surface area (Å²) in [5.41, 5.74) is 0.743. The largest absolute Gasteiger partial charge is 0.497 e. The van der Waals surface area contributed by atoms with E-state index in [9.17, 15) is 0 Å². The van der Waals surface area contributed by atoms with E-state index in [0.717, 1.165) is 11.2 Å². The minimum absolute atomic E-state index is 0.731. The lowest BCUT2D eigenvalue weighted by molar-refractivity contribution is 0.415. The van der Waals surface area contributed by atoms with Crippen molar-refractivity contribution in [2.24, 2.45) is 0 Å². The van der Waals surface area contributed by atoms with E-state index in [0.29, 0.717) is 0 Å². The Labute approximate surface area is 71.6 Å². The van der Waals surface area contributed by atoms with Gasteiger partial charge in [-0.25, -0.2) is 0 Å². The maximum atomic E-state index is 9.05. The highest BCUT2D eigenvalue weighted by Crippen LogP contribution is 2.06. The molecule has 0 aliphatic carbocycles. The molecule has 11 heavy (non-hydrogen) atoms. The fraction of sp³-hybridized carbons (Fsp3) is 0.143. The molecule has 0 amide bonds. The van der Waals surface area contributed by atoms with Gasteiger partial charge in [0.05, 0.1) is 7.11 Å². The Hall–Kier alpha value is -0.605. The first-order chi connectivity index (χ1) is 5.24. The van der Waals surface area contributed by atoms with Crippen molar-refractivity contribution in [3.8, 4) is 5.75 Å². The van der Waals surface area contributed by atoms with Gasteiger partial charge in [-0.1, -0.05) is 12.1 Å². The van der Waals surface area contributed by atoms with Crippen LogP contribution in [0.5, 0.6) is 5.75 Å². The molecule has 1 aromatic rings. The Bertz CT molecular complexity index is 240. The van der Waals surface area contributed by atoms with Crippen molar-refractivity contribution in [1.82, 2.24) is 0 Å². The topological polar surface area (TPSA) is 29.5 Å². The van der Waals surface area contributed by atoms with Crippen LogP contribution in [0.1, 0.15) is 0 Å². The maximum Gasteiger partial charge on any atom is 0.391 e. The number of hydrogen-bond donors (Lipinski definition) is 2. The Morgan fingerprint density at radius 1 is 1.55 bits per heavy atom. The van der Waals surface area contributed by atoms with Gasteiger partial charge in [-0.2, -0.15) is 12.5 Å². The summed E-state index contributed by atoms with van der Waals surface area (Å²) >= 11 is 3.87. The summed E-state index contributed by atoms with van der Waals surface area (Å²) in [7, 11) is 1.59. The van der Waals surface area contributed by atoms with Crippen LogP contribution in [0, 0.1) is 0 Å². The van der Waals surface area contributed by atoms with Gasteiger partial charge in [0.2, 0.25) is 0 Å². The third-order valence-electron chi connectivity index (χ3n) is 1.39. The fourth-order valence-electron chi connectivity index (χ4n) is 0.802. The second kappa shape index (κ2) is 3.69. The van der Waals surface area contributed by atoms with Crippen molar-refractivity contribution in [2.75, 3.05) is 7.11 Å². The Kier molecular flexibility index (Phi) is 2.85. The monoisotopic (exact) mass is 168 g/mol. The van der Waals surface area contributed by atoms with Crippen molar-refractivity contribution in [2.45, 2.75) is 0 Å². The van der Waals surface area contributed by atoms with E-state index in [1.54, 1.807) is 19.2 Å². The van der Waals surface area contributed by atoms with Crippen molar-refractivity contribution >= 4 is 24.1 Å². The van der Waals surface area contributed by atoms with E-state index in [2.05, 4.69) is 12.5 Å². The molecule has 1 rings (SSSR count). The van der Waals surface area contributed by atoms with E-state index in [1.165, 1.54) is 0 Å². The number of ether oxygens (including phenoxy) is 1. The molecule has 0 bridgehead atoms. The van der Waals surface area contributed by atoms with Crippen LogP contribution >= 0.6 is 12.5 Å². The Balaban J connectivity index is 2.91. The van der Waals surface area contributed by atoms with Crippen molar-refractivity contribution in [3.05, 3.63) is 24.3 Å². The third-order valence-corrected chi connectivity index (χ3v) is 1.69. The summed E-state index contributed by atoms with van der Waals surface area (Å²) in [6.45, 7) is 0. The molecule has 0 aliphatic rings. The summed E-state index contributed by atoms with van der Waals surface area (Å²) in [5, 5.41) is 9.05. The highest BCUT2D eigenvalue weighted by Gasteiger charge is 2.07. The highest BCUT2D eigenvalue weighted by atomic mass is 32.1. The van der Waals surface area contributed by atoms with Crippen LogP contribution in [0.25, 0.3) is 0 Å². The molecule has 2 nitrogen and oxygen atoms in total. The first-order valence-electron chi connectivity index (χ1n) is 3.24. The third kappa shape index (κ3) is 2.17. The molecule has 0 radical (unpaired) electrons. The number of methoxy groups -OCH3 is 1. The number of thiol groups is 1. The van der Waals surface area contributed by atoms with E-state index in [1.807, 2.05) is 12.1 Å². The van der Waals surface area contributed by atoms with Crippen LogP contribution in [0.15, 0.2) is 24.3 Å². The van der Waals surface area contributed by atoms with Gasteiger partial charge in [-0.3, -0.25) is 0 Å². The van der Waals surface area contributed by atoms with Gasteiger partial charge in [-0.05, 0) is 17.6 Å². The van der Waals surface area contributed by atoms with E-state index in [4.69, 9.17) is 9.76 Å². The lowest BCUT2D eigenvalue weighted by Gasteiger charge is -2.02. The summed E-state index contributed by atoms with van der Waals surface area (Å²) < 4.78 is 4.96. The zero-order valence-corrected chi connectivity index (χ0v) is 7.08. The maximum absolute atomic E-state index is 9.05. The molecule has 0 heterocycles. The van der Waals surface area contributed by atoms with Gasteiger partial charge in [0.1, 0.15) is 5.75 Å². The first-order valence-corrected chi connectivity index (χ1v) is 3.76. The number of benzene rings is 1. The van der Waals surface area contributed by atoms with Crippen LogP contribution in [0.3, 0.4) is 0 Å². The lowest BCUT2D eigenvalue weighted by atomic mass is 9.87. The molecule has 4 heteroatoms. The number of hydrogen-bond acceptors (Lipinski definition) is 3. The zero-order valence-electron chi connectivity index (χ0n) is 6.19. The molecule has 0 fully saturated rings. The number of rotatable bonds is 2. The Morgan fingerprint density at radius 2 is 2.27 bits per heavy atom. The molecule has 58 valence electrons. The van der Waals surface area contributed by atoms with Gasteiger partial charge in [0.25, 0.3) is 0 Å². The van der Waals surface area contributed by atoms with Crippen molar-refractivity contribution in [3.63, 3.8) is 0 Å². The smallest absolute Gasteiger partial charge is 0.391 e. The first kappa shape index (κ1) is 8.49. The second-order valence-corrected chi connectivity index (χ2v) is 2.64. The van der Waals surface area contributed by atoms with Crippen LogP contribution < -0.4 is 10.2 Å².